The average molecular weight is 1010 g/mol. The Labute approximate surface area is 452 Å². The van der Waals surface area contributed by atoms with Gasteiger partial charge in [-0.2, -0.15) is 0 Å². The molecule has 6 aromatic rings. The molecule has 400 valence electrons. The van der Waals surface area contributed by atoms with E-state index in [0.29, 0.717) is 54.1 Å². The standard InChI is InChI=1S/C70H91NO4/c1-41(2)51-33-47(34-52(42(3)4)61(51)72)31-49-29-43(27-45-35-53(65(5,6)7)62(73)54(36-45)66(8,9)10)23-25-59(49)71-60-26-24-44(28-46-37-55(67(11,12)13)63(74)56(38-46)68(14,15)16)30-50(60)32-48-39-57(69(17,18)19)64(75)58(40-48)70(20,21)22/h23-26,29-30,33-40,71-75H,1,3,27-28,31-32H2,2,4-22H3. The lowest BCUT2D eigenvalue weighted by Gasteiger charge is -2.28. The lowest BCUT2D eigenvalue weighted by molar-refractivity contribution is 0.422. The van der Waals surface area contributed by atoms with Crippen molar-refractivity contribution in [3.05, 3.63) is 187 Å². The molecule has 0 fully saturated rings. The zero-order valence-corrected chi connectivity index (χ0v) is 49.6. The van der Waals surface area contributed by atoms with Gasteiger partial charge in [0.2, 0.25) is 0 Å². The number of phenols is 4. The second-order valence-corrected chi connectivity index (χ2v) is 28.0. The molecular weight excluding hydrogens is 919 g/mol. The van der Waals surface area contributed by atoms with E-state index in [0.717, 1.165) is 100 Å². The van der Waals surface area contributed by atoms with Crippen LogP contribution in [0.1, 0.15) is 227 Å². The molecule has 75 heavy (non-hydrogen) atoms. The first kappa shape index (κ1) is 58.1. The molecule has 0 aromatic heterocycles. The number of nitrogens with one attached hydrogen (secondary N) is 1. The third-order valence-corrected chi connectivity index (χ3v) is 14.7. The van der Waals surface area contributed by atoms with Gasteiger partial charge < -0.3 is 25.7 Å². The fourth-order valence-corrected chi connectivity index (χ4v) is 10.4. The van der Waals surface area contributed by atoms with Gasteiger partial charge in [-0.1, -0.05) is 198 Å². The highest BCUT2D eigenvalue weighted by Crippen LogP contribution is 2.45. The van der Waals surface area contributed by atoms with Crippen LogP contribution in [0.4, 0.5) is 11.4 Å². The van der Waals surface area contributed by atoms with E-state index in [2.05, 4.69) is 228 Å². The van der Waals surface area contributed by atoms with Gasteiger partial charge in [-0.15, -0.1) is 0 Å². The number of aromatic hydroxyl groups is 4. The number of phenolic OH excluding ortho intramolecular Hbond substituents is 4. The van der Waals surface area contributed by atoms with E-state index in [1.807, 2.05) is 13.8 Å². The van der Waals surface area contributed by atoms with E-state index in [-0.39, 0.29) is 38.2 Å². The summed E-state index contributed by atoms with van der Waals surface area (Å²) in [6.45, 7) is 51.2. The van der Waals surface area contributed by atoms with E-state index in [9.17, 15) is 20.4 Å². The number of allylic oxidation sites excluding steroid dienone is 2. The largest absolute Gasteiger partial charge is 0.507 e. The van der Waals surface area contributed by atoms with Crippen molar-refractivity contribution >= 4 is 22.5 Å². The van der Waals surface area contributed by atoms with Crippen LogP contribution in [0.25, 0.3) is 11.1 Å². The van der Waals surface area contributed by atoms with Crippen molar-refractivity contribution < 1.29 is 20.4 Å². The molecule has 0 saturated carbocycles. The van der Waals surface area contributed by atoms with Gasteiger partial charge in [-0.3, -0.25) is 0 Å². The van der Waals surface area contributed by atoms with Gasteiger partial charge in [0.05, 0.1) is 0 Å². The Kier molecular flexibility index (Phi) is 16.1. The van der Waals surface area contributed by atoms with Crippen molar-refractivity contribution in [2.24, 2.45) is 0 Å². The van der Waals surface area contributed by atoms with Crippen LogP contribution in [0.15, 0.2) is 98.1 Å². The molecule has 6 aromatic carbocycles. The summed E-state index contributed by atoms with van der Waals surface area (Å²) in [5, 5.41) is 50.5. The molecule has 0 amide bonds. The van der Waals surface area contributed by atoms with Gasteiger partial charge in [0.15, 0.2) is 0 Å². The summed E-state index contributed by atoms with van der Waals surface area (Å²) < 4.78 is 0. The molecule has 0 aliphatic carbocycles. The van der Waals surface area contributed by atoms with Gasteiger partial charge in [0, 0.05) is 22.5 Å². The van der Waals surface area contributed by atoms with Crippen molar-refractivity contribution in [3.8, 4) is 23.0 Å². The fraction of sp³-hybridized carbons (Fsp3) is 0.429. The van der Waals surface area contributed by atoms with Crippen LogP contribution >= 0.6 is 0 Å². The number of benzene rings is 6. The van der Waals surface area contributed by atoms with E-state index < -0.39 is 0 Å². The van der Waals surface area contributed by atoms with Crippen LogP contribution in [-0.4, -0.2) is 20.4 Å². The fourth-order valence-electron chi connectivity index (χ4n) is 10.4. The maximum Gasteiger partial charge on any atom is 0.130 e. The monoisotopic (exact) mass is 1010 g/mol. The van der Waals surface area contributed by atoms with Gasteiger partial charge in [0.1, 0.15) is 23.0 Å². The second-order valence-electron chi connectivity index (χ2n) is 28.0. The minimum absolute atomic E-state index is 0.197. The van der Waals surface area contributed by atoms with E-state index >= 15 is 0 Å². The quantitative estimate of drug-likeness (QED) is 0.0842. The van der Waals surface area contributed by atoms with Crippen molar-refractivity contribution in [2.75, 3.05) is 5.32 Å². The molecule has 0 bridgehead atoms. The number of rotatable bonds is 12. The van der Waals surface area contributed by atoms with Crippen molar-refractivity contribution in [1.82, 2.24) is 0 Å². The number of anilines is 2. The molecule has 6 rings (SSSR count). The van der Waals surface area contributed by atoms with Gasteiger partial charge >= 0.3 is 0 Å². The Balaban J connectivity index is 1.58. The Bertz CT molecular complexity index is 3010. The zero-order chi connectivity index (χ0) is 56.3. The zero-order valence-electron chi connectivity index (χ0n) is 49.6. The first-order valence-electron chi connectivity index (χ1n) is 27.0. The Morgan fingerprint density at radius 3 is 0.813 bits per heavy atom. The highest BCUT2D eigenvalue weighted by Gasteiger charge is 2.30. The molecule has 0 saturated heterocycles. The molecule has 0 unspecified atom stereocenters. The van der Waals surface area contributed by atoms with E-state index in [4.69, 9.17) is 0 Å². The summed E-state index contributed by atoms with van der Waals surface area (Å²) in [5.74, 6) is 1.31. The minimum atomic E-state index is -0.293. The first-order chi connectivity index (χ1) is 34.2. The SMILES string of the molecule is C=C(C)c1cc(Cc2cc(Cc3cc(C(C)(C)C)c(O)c(C(C)(C)C)c3)ccc2Nc2ccc(Cc3cc(C(C)(C)C)c(O)c(C(C)(C)C)c3)cc2Cc2cc(C(C)(C)C)c(O)c(C(C)(C)C)c2)cc(C(=C)C)c1O. The van der Waals surface area contributed by atoms with Gasteiger partial charge in [0.25, 0.3) is 0 Å². The van der Waals surface area contributed by atoms with Crippen molar-refractivity contribution in [1.29, 1.82) is 0 Å². The van der Waals surface area contributed by atoms with Gasteiger partial charge in [-0.25, -0.2) is 0 Å². The summed E-state index contributed by atoms with van der Waals surface area (Å²) in [6.07, 6.45) is 2.52. The molecule has 0 heterocycles. The molecule has 5 nitrogen and oxygen atoms in total. The van der Waals surface area contributed by atoms with E-state index in [1.165, 1.54) is 0 Å². The Hall–Kier alpha value is -6.20. The van der Waals surface area contributed by atoms with Crippen LogP contribution in [0, 0.1) is 0 Å². The predicted molar refractivity (Wildman–Crippen MR) is 321 cm³/mol. The smallest absolute Gasteiger partial charge is 0.130 e. The van der Waals surface area contributed by atoms with Gasteiger partial charge in [-0.05, 0) is 185 Å². The molecule has 0 aliphatic heterocycles. The lowest BCUT2D eigenvalue weighted by atomic mass is 9.77. The lowest BCUT2D eigenvalue weighted by Crippen LogP contribution is -2.18. The topological polar surface area (TPSA) is 93.0 Å². The summed E-state index contributed by atoms with van der Waals surface area (Å²) in [6, 6.07) is 30.7. The van der Waals surface area contributed by atoms with Crippen molar-refractivity contribution in [3.63, 3.8) is 0 Å². The Morgan fingerprint density at radius 2 is 0.573 bits per heavy atom. The van der Waals surface area contributed by atoms with Crippen LogP contribution in [-0.2, 0) is 58.2 Å². The maximum absolute atomic E-state index is 11.8. The number of hydrogen-bond acceptors (Lipinski definition) is 5. The van der Waals surface area contributed by atoms with Crippen LogP contribution in [0.5, 0.6) is 23.0 Å². The van der Waals surface area contributed by atoms with E-state index in [1.54, 1.807) is 0 Å². The molecule has 5 N–H and O–H groups in total. The minimum Gasteiger partial charge on any atom is -0.507 e. The number of hydrogen-bond donors (Lipinski definition) is 5. The van der Waals surface area contributed by atoms with Crippen LogP contribution in [0.2, 0.25) is 0 Å². The van der Waals surface area contributed by atoms with Crippen LogP contribution < -0.4 is 5.32 Å². The Morgan fingerprint density at radius 1 is 0.333 bits per heavy atom. The molecular formula is C70H91NO4. The first-order valence-corrected chi connectivity index (χ1v) is 27.0. The highest BCUT2D eigenvalue weighted by atomic mass is 16.3. The molecule has 0 atom stereocenters. The second kappa shape index (κ2) is 20.7. The summed E-state index contributed by atoms with van der Waals surface area (Å²) >= 11 is 0. The molecule has 5 heteroatoms. The maximum atomic E-state index is 11.8. The third kappa shape index (κ3) is 13.4. The van der Waals surface area contributed by atoms with Crippen molar-refractivity contribution in [2.45, 2.75) is 197 Å². The third-order valence-electron chi connectivity index (χ3n) is 14.7. The average Bonchev–Trinajstić information content (AvgIpc) is 3.24. The normalized spacial score (nSPS) is 12.8. The highest BCUT2D eigenvalue weighted by molar-refractivity contribution is 5.78. The molecule has 0 spiro atoms. The summed E-state index contributed by atoms with van der Waals surface area (Å²) in [7, 11) is 0. The summed E-state index contributed by atoms with van der Waals surface area (Å²) in [4.78, 5) is 0. The van der Waals surface area contributed by atoms with Crippen LogP contribution in [0.3, 0.4) is 0 Å². The molecule has 0 radical (unpaired) electrons. The molecule has 0 aliphatic rings. The summed E-state index contributed by atoms with van der Waals surface area (Å²) in [5.41, 5.74) is 17.9. The predicted octanol–water partition coefficient (Wildman–Crippen LogP) is 18.5.